The molecule has 0 unspecified atom stereocenters. The zero-order chi connectivity index (χ0) is 30.1. The Hall–Kier alpha value is -2.93. The van der Waals surface area contributed by atoms with Gasteiger partial charge in [0.1, 0.15) is 5.60 Å². The Labute approximate surface area is 263 Å². The predicted molar refractivity (Wildman–Crippen MR) is 182 cm³/mol. The minimum atomic E-state index is -0.453. The molecule has 3 aromatic rings. The van der Waals surface area contributed by atoms with Crippen LogP contribution in [0.4, 0.5) is 16.2 Å². The van der Waals surface area contributed by atoms with E-state index >= 15 is 0 Å². The van der Waals surface area contributed by atoms with Crippen molar-refractivity contribution in [1.29, 1.82) is 0 Å². The maximum atomic E-state index is 12.3. The molecule has 2 heterocycles. The average molecular weight is 603 g/mol. The number of carbonyl (C=O) groups is 1. The molecule has 232 valence electrons. The Morgan fingerprint density at radius 2 is 1.67 bits per heavy atom. The first-order valence-electron chi connectivity index (χ1n) is 16.4. The lowest BCUT2D eigenvalue weighted by Crippen LogP contribution is -2.50. The lowest BCUT2D eigenvalue weighted by atomic mass is 9.84. The van der Waals surface area contributed by atoms with Gasteiger partial charge >= 0.3 is 6.09 Å². The molecule has 43 heavy (non-hydrogen) atoms. The second kappa shape index (κ2) is 15.2. The van der Waals surface area contributed by atoms with Crippen LogP contribution in [-0.2, 0) is 4.74 Å². The Bertz CT molecular complexity index is 1310. The number of aromatic nitrogens is 1. The monoisotopic (exact) mass is 602 g/mol. The van der Waals surface area contributed by atoms with Crippen molar-refractivity contribution < 1.29 is 9.53 Å². The van der Waals surface area contributed by atoms with E-state index in [2.05, 4.69) is 58.7 Å². The summed E-state index contributed by atoms with van der Waals surface area (Å²) in [7, 11) is 0. The summed E-state index contributed by atoms with van der Waals surface area (Å²) in [6, 6.07) is 17.9. The van der Waals surface area contributed by atoms with Crippen LogP contribution < -0.4 is 10.2 Å². The number of amides is 1. The molecule has 0 radical (unpaired) electrons. The molecule has 0 spiro atoms. The quantitative estimate of drug-likeness (QED) is 0.174. The first-order valence-corrected chi connectivity index (χ1v) is 17.4. The van der Waals surface area contributed by atoms with Gasteiger partial charge < -0.3 is 19.9 Å². The van der Waals surface area contributed by atoms with Gasteiger partial charge in [0.05, 0.1) is 5.52 Å². The minimum absolute atomic E-state index is 0.212. The fourth-order valence-corrected chi connectivity index (χ4v) is 7.27. The number of hydrogen-bond donors (Lipinski definition) is 1. The van der Waals surface area contributed by atoms with E-state index in [1.54, 1.807) is 0 Å². The van der Waals surface area contributed by atoms with Crippen LogP contribution in [-0.4, -0.2) is 60.1 Å². The van der Waals surface area contributed by atoms with Gasteiger partial charge in [-0.3, -0.25) is 4.98 Å². The van der Waals surface area contributed by atoms with Crippen LogP contribution in [0.15, 0.2) is 59.6 Å². The Morgan fingerprint density at radius 3 is 2.42 bits per heavy atom. The van der Waals surface area contributed by atoms with Crippen LogP contribution in [0.3, 0.4) is 0 Å². The van der Waals surface area contributed by atoms with E-state index in [0.29, 0.717) is 13.1 Å². The Kier molecular flexibility index (Phi) is 11.1. The van der Waals surface area contributed by atoms with Gasteiger partial charge in [0, 0.05) is 60.6 Å². The van der Waals surface area contributed by atoms with E-state index < -0.39 is 5.60 Å². The number of piperazine rings is 1. The van der Waals surface area contributed by atoms with E-state index in [1.807, 2.05) is 43.6 Å². The number of nitrogens with zero attached hydrogens (tertiary/aromatic N) is 3. The summed E-state index contributed by atoms with van der Waals surface area (Å²) in [5.74, 6) is 1.88. The molecule has 1 saturated heterocycles. The van der Waals surface area contributed by atoms with Gasteiger partial charge in [0.25, 0.3) is 0 Å². The number of carbonyl (C=O) groups excluding carboxylic acids is 1. The molecule has 5 rings (SSSR count). The van der Waals surface area contributed by atoms with E-state index in [0.717, 1.165) is 36.8 Å². The molecule has 6 nitrogen and oxygen atoms in total. The number of thioether (sulfide) groups is 1. The van der Waals surface area contributed by atoms with Crippen molar-refractivity contribution in [3.05, 3.63) is 60.3 Å². The molecule has 1 N–H and O–H groups in total. The highest BCUT2D eigenvalue weighted by Crippen LogP contribution is 2.35. The first kappa shape index (κ1) is 31.5. The molecule has 0 atom stereocenters. The number of unbranched alkanes of at least 4 members (excludes halogenated alkanes) is 3. The van der Waals surface area contributed by atoms with Crippen LogP contribution in [0.25, 0.3) is 10.9 Å². The summed E-state index contributed by atoms with van der Waals surface area (Å²) in [5, 5.41) is 4.89. The molecule has 2 aromatic carbocycles. The maximum Gasteiger partial charge on any atom is 0.410 e. The van der Waals surface area contributed by atoms with Crippen molar-refractivity contribution in [1.82, 2.24) is 9.88 Å². The molecule has 1 saturated carbocycles. The summed E-state index contributed by atoms with van der Waals surface area (Å²) in [6.07, 6.45) is 13.5. The summed E-state index contributed by atoms with van der Waals surface area (Å²) in [4.78, 5) is 22.6. The van der Waals surface area contributed by atoms with Gasteiger partial charge in [-0.25, -0.2) is 4.79 Å². The topological polar surface area (TPSA) is 57.7 Å². The van der Waals surface area contributed by atoms with Crippen molar-refractivity contribution in [2.75, 3.05) is 48.7 Å². The van der Waals surface area contributed by atoms with Crippen LogP contribution in [0.1, 0.15) is 90.0 Å². The van der Waals surface area contributed by atoms with Crippen LogP contribution in [0.2, 0.25) is 0 Å². The lowest BCUT2D eigenvalue weighted by molar-refractivity contribution is 0.0240. The van der Waals surface area contributed by atoms with Crippen LogP contribution in [0.5, 0.6) is 0 Å². The minimum Gasteiger partial charge on any atom is -0.444 e. The van der Waals surface area contributed by atoms with Gasteiger partial charge in [-0.05, 0) is 100 Å². The molecule has 2 fully saturated rings. The highest BCUT2D eigenvalue weighted by molar-refractivity contribution is 7.99. The van der Waals surface area contributed by atoms with Gasteiger partial charge in [-0.2, -0.15) is 0 Å². The average Bonchev–Trinajstić information content (AvgIpc) is 3.02. The summed E-state index contributed by atoms with van der Waals surface area (Å²) >= 11 is 1.98. The van der Waals surface area contributed by atoms with E-state index in [9.17, 15) is 4.79 Å². The third kappa shape index (κ3) is 9.28. The smallest absolute Gasteiger partial charge is 0.410 e. The number of hydrogen-bond acceptors (Lipinski definition) is 6. The molecule has 1 aliphatic carbocycles. The largest absolute Gasteiger partial charge is 0.444 e. The molecular formula is C36H50N4O2S. The summed E-state index contributed by atoms with van der Waals surface area (Å²) < 4.78 is 5.52. The fraction of sp³-hybridized carbons (Fsp3) is 0.556. The van der Waals surface area contributed by atoms with Crippen molar-refractivity contribution in [3.8, 4) is 0 Å². The molecule has 7 heteroatoms. The van der Waals surface area contributed by atoms with Crippen molar-refractivity contribution in [2.24, 2.45) is 0 Å². The molecule has 0 bridgehead atoms. The second-order valence-corrected chi connectivity index (χ2v) is 14.2. The van der Waals surface area contributed by atoms with Gasteiger partial charge in [-0.1, -0.05) is 44.2 Å². The third-order valence-corrected chi connectivity index (χ3v) is 9.78. The van der Waals surface area contributed by atoms with Gasteiger partial charge in [-0.15, -0.1) is 11.8 Å². The molecule has 2 aliphatic rings. The Balaban J connectivity index is 0.958. The number of fused-ring (bicyclic) bond motifs is 1. The van der Waals surface area contributed by atoms with E-state index in [4.69, 9.17) is 9.72 Å². The predicted octanol–water partition coefficient (Wildman–Crippen LogP) is 9.10. The summed E-state index contributed by atoms with van der Waals surface area (Å²) in [5.41, 5.74) is 4.57. The SMILES string of the molecule is CC(C)(C)OC(=O)N1CCN(c2ccc(NCCCCCCSc3ccnc4cc(C5CCCCC5)ccc34)cc2)CC1. The Morgan fingerprint density at radius 1 is 0.930 bits per heavy atom. The van der Waals surface area contributed by atoms with E-state index in [1.165, 1.54) is 85.0 Å². The number of nitrogens with one attached hydrogen (secondary N) is 1. The van der Waals surface area contributed by atoms with Gasteiger partial charge in [0.15, 0.2) is 0 Å². The lowest BCUT2D eigenvalue weighted by Gasteiger charge is -2.36. The van der Waals surface area contributed by atoms with Crippen LogP contribution >= 0.6 is 11.8 Å². The fourth-order valence-electron chi connectivity index (χ4n) is 6.21. The molecule has 1 amide bonds. The van der Waals surface area contributed by atoms with E-state index in [-0.39, 0.29) is 6.09 Å². The van der Waals surface area contributed by atoms with Crippen LogP contribution in [0, 0.1) is 0 Å². The number of benzene rings is 2. The highest BCUT2D eigenvalue weighted by Gasteiger charge is 2.26. The molecular weight excluding hydrogens is 552 g/mol. The standard InChI is InChI=1S/C36H50N4O2S/c1-36(2,3)42-35(41)40-24-22-39(23-25-40)31-16-14-30(15-17-31)37-20-9-4-5-10-26-43-34-19-21-38-33-27-29(13-18-32(33)34)28-11-7-6-8-12-28/h13-19,21,27-28,37H,4-12,20,22-26H2,1-3H3. The molecule has 1 aromatic heterocycles. The third-order valence-electron chi connectivity index (χ3n) is 8.62. The zero-order valence-electron chi connectivity index (χ0n) is 26.4. The second-order valence-electron chi connectivity index (χ2n) is 13.1. The van der Waals surface area contributed by atoms with Crippen molar-refractivity contribution in [2.45, 2.75) is 95.0 Å². The van der Waals surface area contributed by atoms with Crippen molar-refractivity contribution >= 4 is 40.1 Å². The maximum absolute atomic E-state index is 12.3. The van der Waals surface area contributed by atoms with Gasteiger partial charge in [0.2, 0.25) is 0 Å². The normalized spacial score (nSPS) is 16.4. The number of rotatable bonds is 11. The number of pyridine rings is 1. The number of anilines is 2. The van der Waals surface area contributed by atoms with Crippen molar-refractivity contribution in [3.63, 3.8) is 0 Å². The zero-order valence-corrected chi connectivity index (χ0v) is 27.3. The first-order chi connectivity index (χ1) is 20.9. The highest BCUT2D eigenvalue weighted by atomic mass is 32.2. The summed E-state index contributed by atoms with van der Waals surface area (Å²) in [6.45, 7) is 9.75. The number of ether oxygens (including phenoxy) is 1. The molecule has 1 aliphatic heterocycles.